The van der Waals surface area contributed by atoms with Gasteiger partial charge in [0.25, 0.3) is 0 Å². The SMILES string of the molecule is CCCNc1nnc(CN(C)CCOCC)s1. The highest BCUT2D eigenvalue weighted by Crippen LogP contribution is 2.16. The summed E-state index contributed by atoms with van der Waals surface area (Å²) < 4.78 is 5.31. The monoisotopic (exact) mass is 258 g/mol. The first-order valence-electron chi connectivity index (χ1n) is 6.08. The maximum atomic E-state index is 5.31. The number of ether oxygens (including phenoxy) is 1. The topological polar surface area (TPSA) is 50.3 Å². The second-order valence-electron chi connectivity index (χ2n) is 3.86. The molecule has 0 fully saturated rings. The van der Waals surface area contributed by atoms with Gasteiger partial charge in [0.2, 0.25) is 5.13 Å². The molecule has 0 unspecified atom stereocenters. The maximum Gasteiger partial charge on any atom is 0.205 e. The molecule has 0 saturated carbocycles. The number of aromatic nitrogens is 2. The number of anilines is 1. The van der Waals surface area contributed by atoms with Crippen molar-refractivity contribution in [1.82, 2.24) is 15.1 Å². The summed E-state index contributed by atoms with van der Waals surface area (Å²) in [5.41, 5.74) is 0. The van der Waals surface area contributed by atoms with E-state index < -0.39 is 0 Å². The van der Waals surface area contributed by atoms with E-state index in [1.165, 1.54) is 0 Å². The fourth-order valence-electron chi connectivity index (χ4n) is 1.30. The van der Waals surface area contributed by atoms with Crippen LogP contribution in [0.25, 0.3) is 0 Å². The first-order chi connectivity index (χ1) is 8.26. The molecular weight excluding hydrogens is 236 g/mol. The van der Waals surface area contributed by atoms with Crippen molar-refractivity contribution in [2.24, 2.45) is 0 Å². The third-order valence-corrected chi connectivity index (χ3v) is 3.09. The zero-order valence-electron chi connectivity index (χ0n) is 10.9. The van der Waals surface area contributed by atoms with E-state index in [1.54, 1.807) is 11.3 Å². The minimum atomic E-state index is 0.771. The van der Waals surface area contributed by atoms with Crippen LogP contribution in [0.3, 0.4) is 0 Å². The van der Waals surface area contributed by atoms with E-state index >= 15 is 0 Å². The molecule has 98 valence electrons. The van der Waals surface area contributed by atoms with Crippen LogP contribution < -0.4 is 5.32 Å². The van der Waals surface area contributed by atoms with Crippen LogP contribution >= 0.6 is 11.3 Å². The minimum Gasteiger partial charge on any atom is -0.380 e. The molecule has 0 radical (unpaired) electrons. The number of nitrogens with one attached hydrogen (secondary N) is 1. The lowest BCUT2D eigenvalue weighted by Gasteiger charge is -2.13. The van der Waals surface area contributed by atoms with Crippen LogP contribution in [0.5, 0.6) is 0 Å². The zero-order chi connectivity index (χ0) is 12.5. The van der Waals surface area contributed by atoms with Gasteiger partial charge in [0, 0.05) is 19.7 Å². The van der Waals surface area contributed by atoms with Crippen LogP contribution in [0.1, 0.15) is 25.3 Å². The van der Waals surface area contributed by atoms with Gasteiger partial charge in [-0.05, 0) is 20.4 Å². The Balaban J connectivity index is 2.27. The Morgan fingerprint density at radius 2 is 2.18 bits per heavy atom. The smallest absolute Gasteiger partial charge is 0.205 e. The van der Waals surface area contributed by atoms with E-state index in [1.807, 2.05) is 6.92 Å². The minimum absolute atomic E-state index is 0.771. The summed E-state index contributed by atoms with van der Waals surface area (Å²) in [5.74, 6) is 0. The third-order valence-electron chi connectivity index (χ3n) is 2.22. The third kappa shape index (κ3) is 5.95. The molecule has 0 atom stereocenters. The number of nitrogens with zero attached hydrogens (tertiary/aromatic N) is 3. The molecule has 0 saturated heterocycles. The molecule has 0 bridgehead atoms. The van der Waals surface area contributed by atoms with Gasteiger partial charge >= 0.3 is 0 Å². The van der Waals surface area contributed by atoms with Crippen molar-refractivity contribution >= 4 is 16.5 Å². The number of hydrogen-bond acceptors (Lipinski definition) is 6. The average Bonchev–Trinajstić information content (AvgIpc) is 2.74. The van der Waals surface area contributed by atoms with E-state index in [9.17, 15) is 0 Å². The molecule has 0 aromatic carbocycles. The van der Waals surface area contributed by atoms with E-state index in [0.29, 0.717) is 0 Å². The lowest BCUT2D eigenvalue weighted by molar-refractivity contribution is 0.120. The number of hydrogen-bond donors (Lipinski definition) is 1. The summed E-state index contributed by atoms with van der Waals surface area (Å²) in [5, 5.41) is 13.5. The van der Waals surface area contributed by atoms with E-state index in [0.717, 1.165) is 49.4 Å². The first kappa shape index (κ1) is 14.3. The van der Waals surface area contributed by atoms with Crippen LogP contribution in [0, 0.1) is 0 Å². The molecule has 17 heavy (non-hydrogen) atoms. The van der Waals surface area contributed by atoms with E-state index in [2.05, 4.69) is 34.4 Å². The Morgan fingerprint density at radius 3 is 2.88 bits per heavy atom. The van der Waals surface area contributed by atoms with Crippen LogP contribution in [0.15, 0.2) is 0 Å². The Bertz CT molecular complexity index is 305. The van der Waals surface area contributed by atoms with Crippen LogP contribution in [-0.2, 0) is 11.3 Å². The van der Waals surface area contributed by atoms with Crippen molar-refractivity contribution in [2.75, 3.05) is 38.7 Å². The lowest BCUT2D eigenvalue weighted by Crippen LogP contribution is -2.22. The summed E-state index contributed by atoms with van der Waals surface area (Å²) in [6.45, 7) is 8.40. The van der Waals surface area contributed by atoms with Crippen LogP contribution in [0.2, 0.25) is 0 Å². The van der Waals surface area contributed by atoms with Crippen molar-refractivity contribution in [3.8, 4) is 0 Å². The van der Waals surface area contributed by atoms with E-state index in [-0.39, 0.29) is 0 Å². The largest absolute Gasteiger partial charge is 0.380 e. The highest BCUT2D eigenvalue weighted by atomic mass is 32.1. The van der Waals surface area contributed by atoms with Crippen molar-refractivity contribution in [1.29, 1.82) is 0 Å². The molecule has 1 heterocycles. The maximum absolute atomic E-state index is 5.31. The second kappa shape index (κ2) is 8.38. The van der Waals surface area contributed by atoms with Gasteiger partial charge in [-0.2, -0.15) is 0 Å². The quantitative estimate of drug-likeness (QED) is 0.685. The van der Waals surface area contributed by atoms with Crippen LogP contribution in [-0.4, -0.2) is 48.4 Å². The summed E-state index contributed by atoms with van der Waals surface area (Å²) >= 11 is 1.62. The highest BCUT2D eigenvalue weighted by molar-refractivity contribution is 7.15. The summed E-state index contributed by atoms with van der Waals surface area (Å²) in [6, 6.07) is 0. The number of likely N-dealkylation sites (N-methyl/N-ethyl adjacent to an activating group) is 1. The summed E-state index contributed by atoms with van der Waals surface area (Å²) in [6.07, 6.45) is 1.10. The Morgan fingerprint density at radius 1 is 1.35 bits per heavy atom. The lowest BCUT2D eigenvalue weighted by atomic mass is 10.5. The van der Waals surface area contributed by atoms with Gasteiger partial charge in [0.05, 0.1) is 13.2 Å². The molecule has 6 heteroatoms. The highest BCUT2D eigenvalue weighted by Gasteiger charge is 2.06. The fourth-order valence-corrected chi connectivity index (χ4v) is 2.14. The van der Waals surface area contributed by atoms with Gasteiger partial charge < -0.3 is 10.1 Å². The zero-order valence-corrected chi connectivity index (χ0v) is 11.7. The molecule has 1 N–H and O–H groups in total. The molecular formula is C11H22N4OS. The molecule has 0 amide bonds. The summed E-state index contributed by atoms with van der Waals surface area (Å²) in [4.78, 5) is 2.19. The molecule has 0 aliphatic rings. The second-order valence-corrected chi connectivity index (χ2v) is 4.92. The van der Waals surface area contributed by atoms with Gasteiger partial charge in [0.15, 0.2) is 0 Å². The standard InChI is InChI=1S/C11H22N4OS/c1-4-6-12-11-14-13-10(17-11)9-15(3)7-8-16-5-2/h4-9H2,1-3H3,(H,12,14). The predicted octanol–water partition coefficient (Wildman–Crippen LogP) is 1.83. The van der Waals surface area contributed by atoms with Crippen molar-refractivity contribution < 1.29 is 4.74 Å². The molecule has 5 nitrogen and oxygen atoms in total. The van der Waals surface area contributed by atoms with Gasteiger partial charge in [0.1, 0.15) is 5.01 Å². The molecule has 0 aliphatic carbocycles. The van der Waals surface area contributed by atoms with Gasteiger partial charge in [-0.15, -0.1) is 10.2 Å². The molecule has 0 spiro atoms. The summed E-state index contributed by atoms with van der Waals surface area (Å²) in [7, 11) is 2.07. The van der Waals surface area contributed by atoms with Gasteiger partial charge in [-0.3, -0.25) is 4.90 Å². The van der Waals surface area contributed by atoms with Crippen LogP contribution in [0.4, 0.5) is 5.13 Å². The fraction of sp³-hybridized carbons (Fsp3) is 0.818. The van der Waals surface area contributed by atoms with Gasteiger partial charge in [-0.1, -0.05) is 18.3 Å². The van der Waals surface area contributed by atoms with Gasteiger partial charge in [-0.25, -0.2) is 0 Å². The van der Waals surface area contributed by atoms with E-state index in [4.69, 9.17) is 4.74 Å². The van der Waals surface area contributed by atoms with Crippen molar-refractivity contribution in [3.05, 3.63) is 5.01 Å². The molecule has 1 aromatic rings. The van der Waals surface area contributed by atoms with Crippen molar-refractivity contribution in [3.63, 3.8) is 0 Å². The molecule has 1 rings (SSSR count). The first-order valence-corrected chi connectivity index (χ1v) is 6.90. The predicted molar refractivity (Wildman–Crippen MR) is 71.5 cm³/mol. The molecule has 0 aliphatic heterocycles. The Labute approximate surface area is 107 Å². The number of rotatable bonds is 9. The normalized spacial score (nSPS) is 11.1. The van der Waals surface area contributed by atoms with Crippen molar-refractivity contribution in [2.45, 2.75) is 26.8 Å². The Hall–Kier alpha value is -0.720. The Kier molecular flexibility index (Phi) is 7.07. The average molecular weight is 258 g/mol. The molecule has 1 aromatic heterocycles.